The van der Waals surface area contributed by atoms with E-state index in [9.17, 15) is 8.42 Å². The third kappa shape index (κ3) is 4.08. The van der Waals surface area contributed by atoms with Crippen LogP contribution in [0.25, 0.3) is 22.3 Å². The van der Waals surface area contributed by atoms with E-state index in [0.29, 0.717) is 43.0 Å². The fourth-order valence-corrected chi connectivity index (χ4v) is 5.51. The lowest BCUT2D eigenvalue weighted by Crippen LogP contribution is -2.45. The molecule has 3 aromatic heterocycles. The minimum absolute atomic E-state index is 0.208. The van der Waals surface area contributed by atoms with E-state index < -0.39 is 26.6 Å². The number of aromatic nitrogens is 4. The normalized spacial score (nSPS) is 15.0. The summed E-state index contributed by atoms with van der Waals surface area (Å²) in [6.07, 6.45) is 7.45. The fourth-order valence-electron chi connectivity index (χ4n) is 4.15. The lowest BCUT2D eigenvalue weighted by molar-refractivity contribution is 0.310. The van der Waals surface area contributed by atoms with Crippen LogP contribution >= 0.6 is 0 Å². The van der Waals surface area contributed by atoms with Crippen molar-refractivity contribution in [2.45, 2.75) is 4.90 Å². The van der Waals surface area contributed by atoms with Gasteiger partial charge in [0.15, 0.2) is 17.5 Å². The van der Waals surface area contributed by atoms with Gasteiger partial charge in [-0.3, -0.25) is 4.98 Å². The number of hydrogen-bond donors (Lipinski definition) is 1. The molecule has 0 unspecified atom stereocenters. The molecule has 4 aromatic rings. The number of nitrogens with zero attached hydrogens (tertiary/aromatic N) is 6. The second kappa shape index (κ2) is 8.86. The van der Waals surface area contributed by atoms with Crippen molar-refractivity contribution in [3.8, 4) is 11.4 Å². The predicted molar refractivity (Wildman–Crippen MR) is 129 cm³/mol. The average Bonchev–Trinajstić information content (AvgIpc) is 3.30. The minimum atomic E-state index is -4.31. The maximum absolute atomic E-state index is 15.0. The molecule has 0 amide bonds. The van der Waals surface area contributed by atoms with Crippen molar-refractivity contribution in [1.29, 1.82) is 0 Å². The number of nitrogens with one attached hydrogen (secondary N) is 1. The SMILES string of the molecule is CNc1cnc(-c2cncc3c2ccn3S(=O)(=O)c2cc(F)c(N3CCN(C)CC3)c(F)c2)nc1. The molecule has 0 bridgehead atoms. The molecule has 9 nitrogen and oxygen atoms in total. The minimum Gasteiger partial charge on any atom is -0.386 e. The second-order valence-electron chi connectivity index (χ2n) is 8.31. The number of piperazine rings is 1. The van der Waals surface area contributed by atoms with E-state index in [1.54, 1.807) is 30.4 Å². The van der Waals surface area contributed by atoms with Crippen molar-refractivity contribution in [3.63, 3.8) is 0 Å². The van der Waals surface area contributed by atoms with Gasteiger partial charge < -0.3 is 15.1 Å². The summed E-state index contributed by atoms with van der Waals surface area (Å²) in [5.41, 5.74) is 1.29. The van der Waals surface area contributed by atoms with Gasteiger partial charge >= 0.3 is 0 Å². The van der Waals surface area contributed by atoms with E-state index in [2.05, 4.69) is 25.2 Å². The first-order valence-electron chi connectivity index (χ1n) is 10.9. The number of hydrogen-bond acceptors (Lipinski definition) is 8. The Hall–Kier alpha value is -3.64. The smallest absolute Gasteiger partial charge is 0.268 e. The zero-order valence-electron chi connectivity index (χ0n) is 19.1. The number of pyridine rings is 1. The van der Waals surface area contributed by atoms with Crippen LogP contribution in [0.5, 0.6) is 0 Å². The van der Waals surface area contributed by atoms with Crippen molar-refractivity contribution >= 4 is 32.3 Å². The van der Waals surface area contributed by atoms with Crippen LogP contribution in [0.15, 0.2) is 54.1 Å². The van der Waals surface area contributed by atoms with E-state index in [1.165, 1.54) is 18.6 Å². The quantitative estimate of drug-likeness (QED) is 0.448. The number of fused-ring (bicyclic) bond motifs is 1. The Labute approximate surface area is 201 Å². The molecule has 5 rings (SSSR count). The van der Waals surface area contributed by atoms with Gasteiger partial charge in [-0.2, -0.15) is 0 Å². The molecule has 1 N–H and O–H groups in total. The third-order valence-electron chi connectivity index (χ3n) is 6.13. The summed E-state index contributed by atoms with van der Waals surface area (Å²) in [7, 11) is -0.634. The van der Waals surface area contributed by atoms with Crippen LogP contribution in [-0.2, 0) is 10.0 Å². The van der Waals surface area contributed by atoms with Gasteiger partial charge in [-0.1, -0.05) is 0 Å². The van der Waals surface area contributed by atoms with Crippen LogP contribution < -0.4 is 10.2 Å². The van der Waals surface area contributed by atoms with E-state index in [0.717, 1.165) is 21.8 Å². The molecular formula is C23H23F2N7O2S. The Bertz CT molecular complexity index is 1480. The lowest BCUT2D eigenvalue weighted by Gasteiger charge is -2.34. The number of benzene rings is 1. The molecule has 4 heterocycles. The highest BCUT2D eigenvalue weighted by Gasteiger charge is 2.27. The van der Waals surface area contributed by atoms with Crippen molar-refractivity contribution in [2.75, 3.05) is 50.5 Å². The number of likely N-dealkylation sites (N-methyl/N-ethyl adjacent to an activating group) is 1. The first-order chi connectivity index (χ1) is 16.8. The summed E-state index contributed by atoms with van der Waals surface area (Å²) >= 11 is 0. The van der Waals surface area contributed by atoms with E-state index in [4.69, 9.17) is 0 Å². The molecule has 0 saturated carbocycles. The lowest BCUT2D eigenvalue weighted by atomic mass is 10.2. The Balaban J connectivity index is 1.55. The van der Waals surface area contributed by atoms with E-state index in [1.807, 2.05) is 7.05 Å². The van der Waals surface area contributed by atoms with Gasteiger partial charge in [-0.05, 0) is 25.2 Å². The van der Waals surface area contributed by atoms with Crippen molar-refractivity contribution in [3.05, 3.63) is 60.8 Å². The number of rotatable bonds is 5. The zero-order valence-corrected chi connectivity index (χ0v) is 19.9. The van der Waals surface area contributed by atoms with Crippen molar-refractivity contribution < 1.29 is 17.2 Å². The Morgan fingerprint density at radius 3 is 2.26 bits per heavy atom. The standard InChI is InChI=1S/C23H23F2N7O2S/c1-26-15-11-28-23(29-12-15)18-13-27-14-21-17(18)3-4-32(21)35(33,34)16-9-19(24)22(20(25)10-16)31-7-5-30(2)6-8-31/h3-4,9-14,26H,5-8H2,1-2H3. The van der Waals surface area contributed by atoms with Gasteiger partial charge in [0.2, 0.25) is 0 Å². The van der Waals surface area contributed by atoms with E-state index in [-0.39, 0.29) is 11.2 Å². The molecular weight excluding hydrogens is 476 g/mol. The molecule has 0 spiro atoms. The summed E-state index contributed by atoms with van der Waals surface area (Å²) in [6, 6.07) is 3.33. The van der Waals surface area contributed by atoms with Gasteiger partial charge in [0, 0.05) is 56.6 Å². The molecule has 0 aliphatic carbocycles. The molecule has 1 aromatic carbocycles. The molecule has 1 saturated heterocycles. The molecule has 35 heavy (non-hydrogen) atoms. The maximum Gasteiger partial charge on any atom is 0.268 e. The summed E-state index contributed by atoms with van der Waals surface area (Å²) < 4.78 is 57.8. The second-order valence-corrected chi connectivity index (χ2v) is 10.1. The molecule has 0 atom stereocenters. The van der Waals surface area contributed by atoms with Gasteiger partial charge in [0.1, 0.15) is 5.69 Å². The Kier molecular flexibility index (Phi) is 5.85. The van der Waals surface area contributed by atoms with Crippen LogP contribution in [0.4, 0.5) is 20.2 Å². The largest absolute Gasteiger partial charge is 0.386 e. The highest BCUT2D eigenvalue weighted by molar-refractivity contribution is 7.90. The highest BCUT2D eigenvalue weighted by atomic mass is 32.2. The van der Waals surface area contributed by atoms with Crippen LogP contribution in [0.1, 0.15) is 0 Å². The highest BCUT2D eigenvalue weighted by Crippen LogP contribution is 2.32. The Morgan fingerprint density at radius 1 is 0.971 bits per heavy atom. The molecule has 1 aliphatic heterocycles. The van der Waals surface area contributed by atoms with Gasteiger partial charge in [0.05, 0.1) is 34.7 Å². The average molecular weight is 500 g/mol. The molecule has 182 valence electrons. The van der Waals surface area contributed by atoms with Crippen LogP contribution in [0.3, 0.4) is 0 Å². The molecule has 0 radical (unpaired) electrons. The summed E-state index contributed by atoms with van der Waals surface area (Å²) in [4.78, 5) is 15.9. The molecule has 12 heteroatoms. The van der Waals surface area contributed by atoms with Gasteiger partial charge in [-0.25, -0.2) is 31.1 Å². The number of halogens is 2. The monoisotopic (exact) mass is 499 g/mol. The van der Waals surface area contributed by atoms with Crippen LogP contribution in [-0.4, -0.2) is 72.5 Å². The fraction of sp³-hybridized carbons (Fsp3) is 0.261. The zero-order chi connectivity index (χ0) is 24.7. The first kappa shape index (κ1) is 23.1. The van der Waals surface area contributed by atoms with Gasteiger partial charge in [-0.15, -0.1) is 0 Å². The van der Waals surface area contributed by atoms with Gasteiger partial charge in [0.25, 0.3) is 10.0 Å². The topological polar surface area (TPSA) is 96.2 Å². The summed E-state index contributed by atoms with van der Waals surface area (Å²) in [6.45, 7) is 2.21. The molecule has 1 fully saturated rings. The maximum atomic E-state index is 15.0. The van der Waals surface area contributed by atoms with Crippen molar-refractivity contribution in [1.82, 2.24) is 23.8 Å². The van der Waals surface area contributed by atoms with E-state index >= 15 is 8.78 Å². The van der Waals surface area contributed by atoms with Crippen LogP contribution in [0, 0.1) is 11.6 Å². The number of anilines is 2. The summed E-state index contributed by atoms with van der Waals surface area (Å²) in [5.74, 6) is -1.46. The van der Waals surface area contributed by atoms with Crippen molar-refractivity contribution in [2.24, 2.45) is 0 Å². The Morgan fingerprint density at radius 2 is 1.63 bits per heavy atom. The third-order valence-corrected chi connectivity index (χ3v) is 7.80. The summed E-state index contributed by atoms with van der Waals surface area (Å²) in [5, 5.41) is 3.47. The molecule has 1 aliphatic rings. The first-order valence-corrected chi connectivity index (χ1v) is 12.4. The predicted octanol–water partition coefficient (Wildman–Crippen LogP) is 2.80. The van der Waals surface area contributed by atoms with Crippen LogP contribution in [0.2, 0.25) is 0 Å².